The van der Waals surface area contributed by atoms with Crippen LogP contribution in [0.25, 0.3) is 0 Å². The Hall–Kier alpha value is -2.45. The molecule has 0 fully saturated rings. The van der Waals surface area contributed by atoms with Gasteiger partial charge in [-0.3, -0.25) is 4.79 Å². The van der Waals surface area contributed by atoms with Gasteiger partial charge in [0.05, 0.1) is 18.6 Å². The van der Waals surface area contributed by atoms with Crippen LogP contribution in [0.3, 0.4) is 0 Å². The SMILES string of the molecule is COc1cccc(CCNC(=O)CNS(=O)(=O)c2ccc(F)c(C)c2)c1. The van der Waals surface area contributed by atoms with E-state index in [1.54, 1.807) is 7.11 Å². The van der Waals surface area contributed by atoms with Crippen LogP contribution < -0.4 is 14.8 Å². The molecular weight excluding hydrogens is 359 g/mol. The van der Waals surface area contributed by atoms with Crippen molar-refractivity contribution in [3.05, 3.63) is 59.4 Å². The topological polar surface area (TPSA) is 84.5 Å². The molecule has 140 valence electrons. The maximum atomic E-state index is 13.2. The van der Waals surface area contributed by atoms with Crippen LogP contribution in [-0.4, -0.2) is 34.5 Å². The third-order valence-corrected chi connectivity index (χ3v) is 5.13. The van der Waals surface area contributed by atoms with Crippen molar-refractivity contribution in [3.8, 4) is 5.75 Å². The maximum Gasteiger partial charge on any atom is 0.241 e. The molecule has 0 heterocycles. The highest BCUT2D eigenvalue weighted by Gasteiger charge is 2.16. The van der Waals surface area contributed by atoms with E-state index in [2.05, 4.69) is 10.0 Å². The van der Waals surface area contributed by atoms with Gasteiger partial charge in [0, 0.05) is 6.54 Å². The zero-order valence-corrected chi connectivity index (χ0v) is 15.4. The summed E-state index contributed by atoms with van der Waals surface area (Å²) in [6.45, 7) is 1.44. The Labute approximate surface area is 152 Å². The minimum atomic E-state index is -3.87. The zero-order chi connectivity index (χ0) is 19.2. The second kappa shape index (κ2) is 8.77. The van der Waals surface area contributed by atoms with Crippen LogP contribution in [-0.2, 0) is 21.2 Å². The molecule has 2 aromatic rings. The molecule has 1 amide bonds. The van der Waals surface area contributed by atoms with E-state index in [9.17, 15) is 17.6 Å². The third kappa shape index (κ3) is 5.53. The molecule has 2 aromatic carbocycles. The first-order valence-electron chi connectivity index (χ1n) is 7.97. The van der Waals surface area contributed by atoms with Crippen molar-refractivity contribution in [1.82, 2.24) is 10.0 Å². The number of carbonyl (C=O) groups excluding carboxylic acids is 1. The van der Waals surface area contributed by atoms with Crippen LogP contribution in [0.2, 0.25) is 0 Å². The van der Waals surface area contributed by atoms with Crippen molar-refractivity contribution in [2.24, 2.45) is 0 Å². The number of sulfonamides is 1. The quantitative estimate of drug-likeness (QED) is 0.731. The van der Waals surface area contributed by atoms with E-state index in [0.717, 1.165) is 23.4 Å². The molecule has 0 bridgehead atoms. The van der Waals surface area contributed by atoms with Crippen molar-refractivity contribution in [2.45, 2.75) is 18.2 Å². The summed E-state index contributed by atoms with van der Waals surface area (Å²) in [6, 6.07) is 10.9. The second-order valence-corrected chi connectivity index (χ2v) is 7.45. The first kappa shape index (κ1) is 19.9. The van der Waals surface area contributed by atoms with Crippen molar-refractivity contribution in [3.63, 3.8) is 0 Å². The molecule has 0 radical (unpaired) electrons. The molecular formula is C18H21FN2O4S. The average molecular weight is 380 g/mol. The molecule has 26 heavy (non-hydrogen) atoms. The van der Waals surface area contributed by atoms with Crippen LogP contribution in [0.5, 0.6) is 5.75 Å². The molecule has 8 heteroatoms. The van der Waals surface area contributed by atoms with Crippen molar-refractivity contribution < 1.29 is 22.3 Å². The maximum absolute atomic E-state index is 13.2. The van der Waals surface area contributed by atoms with Crippen molar-refractivity contribution in [1.29, 1.82) is 0 Å². The van der Waals surface area contributed by atoms with Crippen LogP contribution in [0.1, 0.15) is 11.1 Å². The van der Waals surface area contributed by atoms with Crippen molar-refractivity contribution in [2.75, 3.05) is 20.2 Å². The first-order valence-corrected chi connectivity index (χ1v) is 9.45. The number of ether oxygens (including phenoxy) is 1. The number of nitrogens with one attached hydrogen (secondary N) is 2. The molecule has 0 atom stereocenters. The normalized spacial score (nSPS) is 11.2. The van der Waals surface area contributed by atoms with E-state index < -0.39 is 28.3 Å². The first-order chi connectivity index (χ1) is 12.3. The number of hydrogen-bond acceptors (Lipinski definition) is 4. The fourth-order valence-electron chi connectivity index (χ4n) is 2.26. The van der Waals surface area contributed by atoms with Gasteiger partial charge in [-0.1, -0.05) is 12.1 Å². The summed E-state index contributed by atoms with van der Waals surface area (Å²) >= 11 is 0. The Morgan fingerprint density at radius 3 is 2.65 bits per heavy atom. The average Bonchev–Trinajstić information content (AvgIpc) is 2.62. The summed E-state index contributed by atoms with van der Waals surface area (Å²) in [5, 5.41) is 2.65. The van der Waals surface area contributed by atoms with Crippen molar-refractivity contribution >= 4 is 15.9 Å². The summed E-state index contributed by atoms with van der Waals surface area (Å²) in [4.78, 5) is 11.7. The molecule has 0 unspecified atom stereocenters. The van der Waals surface area contributed by atoms with Gasteiger partial charge in [-0.2, -0.15) is 0 Å². The van der Waals surface area contributed by atoms with E-state index in [1.165, 1.54) is 13.0 Å². The number of benzene rings is 2. The Bertz CT molecular complexity index is 885. The monoisotopic (exact) mass is 380 g/mol. The summed E-state index contributed by atoms with van der Waals surface area (Å²) < 4.78 is 44.9. The molecule has 0 saturated carbocycles. The predicted molar refractivity (Wildman–Crippen MR) is 96.0 cm³/mol. The van der Waals surface area contributed by atoms with Crippen LogP contribution in [0.4, 0.5) is 4.39 Å². The lowest BCUT2D eigenvalue weighted by Gasteiger charge is -2.09. The molecule has 0 saturated heterocycles. The minimum absolute atomic E-state index is 0.0828. The van der Waals surface area contributed by atoms with Crippen LogP contribution in [0.15, 0.2) is 47.4 Å². The van der Waals surface area contributed by atoms with Gasteiger partial charge in [0.2, 0.25) is 15.9 Å². The van der Waals surface area contributed by atoms with Gasteiger partial charge in [0.1, 0.15) is 11.6 Å². The third-order valence-electron chi connectivity index (χ3n) is 3.73. The molecule has 6 nitrogen and oxygen atoms in total. The zero-order valence-electron chi connectivity index (χ0n) is 14.6. The molecule has 2 N–H and O–H groups in total. The molecule has 0 aliphatic rings. The van der Waals surface area contributed by atoms with E-state index in [0.29, 0.717) is 13.0 Å². The highest BCUT2D eigenvalue weighted by atomic mass is 32.2. The fourth-order valence-corrected chi connectivity index (χ4v) is 3.33. The van der Waals surface area contributed by atoms with Gasteiger partial charge in [-0.15, -0.1) is 0 Å². The number of carbonyl (C=O) groups is 1. The highest BCUT2D eigenvalue weighted by Crippen LogP contribution is 2.14. The smallest absolute Gasteiger partial charge is 0.241 e. The predicted octanol–water partition coefficient (Wildman–Crippen LogP) is 1.78. The minimum Gasteiger partial charge on any atom is -0.497 e. The van der Waals surface area contributed by atoms with E-state index in [4.69, 9.17) is 4.74 Å². The molecule has 0 aliphatic heterocycles. The number of amides is 1. The molecule has 0 spiro atoms. The lowest BCUT2D eigenvalue weighted by Crippen LogP contribution is -2.37. The summed E-state index contributed by atoms with van der Waals surface area (Å²) in [7, 11) is -2.30. The van der Waals surface area contributed by atoms with Gasteiger partial charge >= 0.3 is 0 Å². The molecule has 2 rings (SSSR count). The Morgan fingerprint density at radius 1 is 1.19 bits per heavy atom. The standard InChI is InChI=1S/C18H21FN2O4S/c1-13-10-16(6-7-17(13)19)26(23,24)21-12-18(22)20-9-8-14-4-3-5-15(11-14)25-2/h3-7,10-11,21H,8-9,12H2,1-2H3,(H,20,22). The number of methoxy groups -OCH3 is 1. The summed E-state index contributed by atoms with van der Waals surface area (Å²) in [6.07, 6.45) is 0.590. The Balaban J connectivity index is 1.83. The Kier molecular flexibility index (Phi) is 6.70. The summed E-state index contributed by atoms with van der Waals surface area (Å²) in [5.41, 5.74) is 1.21. The Morgan fingerprint density at radius 2 is 1.96 bits per heavy atom. The van der Waals surface area contributed by atoms with E-state index >= 15 is 0 Å². The molecule has 0 aromatic heterocycles. The highest BCUT2D eigenvalue weighted by molar-refractivity contribution is 7.89. The van der Waals surface area contributed by atoms with Gasteiger partial charge in [-0.05, 0) is 54.8 Å². The number of aryl methyl sites for hydroxylation is 1. The largest absolute Gasteiger partial charge is 0.497 e. The van der Waals surface area contributed by atoms with Crippen LogP contribution in [0, 0.1) is 12.7 Å². The number of halogens is 1. The lowest BCUT2D eigenvalue weighted by molar-refractivity contribution is -0.119. The van der Waals surface area contributed by atoms with Gasteiger partial charge in [0.15, 0.2) is 0 Å². The summed E-state index contributed by atoms with van der Waals surface area (Å²) in [5.74, 6) is -0.203. The lowest BCUT2D eigenvalue weighted by atomic mass is 10.1. The van der Waals surface area contributed by atoms with Gasteiger partial charge < -0.3 is 10.1 Å². The van der Waals surface area contributed by atoms with Gasteiger partial charge in [-0.25, -0.2) is 17.5 Å². The second-order valence-electron chi connectivity index (χ2n) is 5.69. The van der Waals surface area contributed by atoms with E-state index in [1.807, 2.05) is 24.3 Å². The fraction of sp³-hybridized carbons (Fsp3) is 0.278. The number of hydrogen-bond donors (Lipinski definition) is 2. The molecule has 0 aliphatic carbocycles. The van der Waals surface area contributed by atoms with Crippen LogP contribution >= 0.6 is 0 Å². The number of rotatable bonds is 8. The van der Waals surface area contributed by atoms with Gasteiger partial charge in [0.25, 0.3) is 0 Å². The van der Waals surface area contributed by atoms with E-state index in [-0.39, 0.29) is 10.5 Å².